The van der Waals surface area contributed by atoms with Gasteiger partial charge in [0.05, 0.1) is 17.7 Å². The molecule has 0 aliphatic heterocycles. The van der Waals surface area contributed by atoms with Crippen LogP contribution in [0.4, 0.5) is 0 Å². The Morgan fingerprint density at radius 2 is 1.83 bits per heavy atom. The van der Waals surface area contributed by atoms with Crippen LogP contribution in [-0.2, 0) is 6.54 Å². The van der Waals surface area contributed by atoms with Crippen molar-refractivity contribution in [2.75, 3.05) is 19.7 Å². The van der Waals surface area contributed by atoms with E-state index in [2.05, 4.69) is 24.0 Å². The number of halogens is 2. The lowest BCUT2D eigenvalue weighted by molar-refractivity contribution is 0.112. The number of nitrogens with zero attached hydrogens (tertiary/aromatic N) is 1. The highest BCUT2D eigenvalue weighted by Gasteiger charge is 2.14. The van der Waals surface area contributed by atoms with Crippen LogP contribution < -0.4 is 4.74 Å². The van der Waals surface area contributed by atoms with Gasteiger partial charge >= 0.3 is 0 Å². The highest BCUT2D eigenvalue weighted by Crippen LogP contribution is 2.28. The van der Waals surface area contributed by atoms with Crippen molar-refractivity contribution in [1.29, 1.82) is 0 Å². The summed E-state index contributed by atoms with van der Waals surface area (Å²) in [5.41, 5.74) is 2.05. The fourth-order valence-corrected chi connectivity index (χ4v) is 2.74. The van der Waals surface area contributed by atoms with E-state index in [-0.39, 0.29) is 12.4 Å². The maximum atomic E-state index is 10.5. The van der Waals surface area contributed by atoms with Gasteiger partial charge in [-0.2, -0.15) is 0 Å². The minimum absolute atomic E-state index is 0. The summed E-state index contributed by atoms with van der Waals surface area (Å²) < 4.78 is 5.43. The van der Waals surface area contributed by atoms with Gasteiger partial charge in [0.15, 0.2) is 0 Å². The summed E-state index contributed by atoms with van der Waals surface area (Å²) in [6.07, 6.45) is -0.577. The van der Waals surface area contributed by atoms with Gasteiger partial charge in [0, 0.05) is 13.1 Å². The van der Waals surface area contributed by atoms with Crippen LogP contribution in [0.25, 0.3) is 0 Å². The zero-order valence-electron chi connectivity index (χ0n) is 14.1. The van der Waals surface area contributed by atoms with Crippen LogP contribution in [0.15, 0.2) is 48.5 Å². The molecule has 0 radical (unpaired) electrons. The summed E-state index contributed by atoms with van der Waals surface area (Å²) in [4.78, 5) is 2.21. The molecule has 2 rings (SSSR count). The van der Waals surface area contributed by atoms with Crippen molar-refractivity contribution in [2.24, 2.45) is 0 Å². The normalized spacial score (nSPS) is 11.9. The average molecular weight is 370 g/mol. The molecule has 2 aromatic rings. The highest BCUT2D eigenvalue weighted by molar-refractivity contribution is 6.32. The Kier molecular flexibility index (Phi) is 9.16. The predicted molar refractivity (Wildman–Crippen MR) is 102 cm³/mol. The van der Waals surface area contributed by atoms with Gasteiger partial charge in [-0.25, -0.2) is 0 Å². The van der Waals surface area contributed by atoms with Crippen LogP contribution >= 0.6 is 24.0 Å². The molecule has 5 heteroatoms. The first-order valence-corrected chi connectivity index (χ1v) is 8.38. The molecule has 1 atom stereocenters. The van der Waals surface area contributed by atoms with Gasteiger partial charge in [0.1, 0.15) is 5.75 Å². The van der Waals surface area contributed by atoms with Gasteiger partial charge < -0.3 is 9.84 Å². The van der Waals surface area contributed by atoms with Crippen molar-refractivity contribution in [3.05, 3.63) is 64.7 Å². The molecule has 1 unspecified atom stereocenters. The Bertz CT molecular complexity index is 608. The molecule has 0 saturated heterocycles. The lowest BCUT2D eigenvalue weighted by atomic mass is 10.1. The van der Waals surface area contributed by atoms with E-state index in [9.17, 15) is 5.11 Å². The van der Waals surface area contributed by atoms with Crippen LogP contribution in [0.3, 0.4) is 0 Å². The summed E-state index contributed by atoms with van der Waals surface area (Å²) in [5, 5.41) is 11.0. The third-order valence-corrected chi connectivity index (χ3v) is 4.06. The SMILES string of the molecule is CCOc1ccc(C(O)CN(CC)Cc2ccccc2)cc1Cl.Cl. The summed E-state index contributed by atoms with van der Waals surface area (Å²) in [5.74, 6) is 0.654. The Balaban J connectivity index is 0.00000288. The first-order chi connectivity index (χ1) is 11.1. The van der Waals surface area contributed by atoms with E-state index < -0.39 is 6.10 Å². The lowest BCUT2D eigenvalue weighted by Gasteiger charge is -2.24. The van der Waals surface area contributed by atoms with E-state index in [0.29, 0.717) is 23.9 Å². The summed E-state index contributed by atoms with van der Waals surface area (Å²) >= 11 is 6.20. The number of ether oxygens (including phenoxy) is 1. The van der Waals surface area contributed by atoms with E-state index in [0.717, 1.165) is 18.7 Å². The molecule has 0 aromatic heterocycles. The summed E-state index contributed by atoms with van der Waals surface area (Å²) in [7, 11) is 0. The Labute approximate surface area is 155 Å². The second-order valence-electron chi connectivity index (χ2n) is 5.45. The van der Waals surface area contributed by atoms with Crippen LogP contribution in [0.2, 0.25) is 5.02 Å². The van der Waals surface area contributed by atoms with E-state index in [4.69, 9.17) is 16.3 Å². The quantitative estimate of drug-likeness (QED) is 0.730. The van der Waals surface area contributed by atoms with E-state index in [1.54, 1.807) is 6.07 Å². The number of benzene rings is 2. The van der Waals surface area contributed by atoms with Gasteiger partial charge in [0.25, 0.3) is 0 Å². The standard InChI is InChI=1S/C19H24ClNO2.ClH/c1-3-21(13-15-8-6-5-7-9-15)14-18(22)16-10-11-19(23-4-2)17(20)12-16;/h5-12,18,22H,3-4,13-14H2,1-2H3;1H. The Hall–Kier alpha value is -1.26. The van der Waals surface area contributed by atoms with E-state index in [1.165, 1.54) is 5.56 Å². The van der Waals surface area contributed by atoms with Gasteiger partial charge in [-0.1, -0.05) is 54.9 Å². The Morgan fingerprint density at radius 3 is 2.42 bits per heavy atom. The van der Waals surface area contributed by atoms with E-state index >= 15 is 0 Å². The van der Waals surface area contributed by atoms with Gasteiger partial charge in [0.2, 0.25) is 0 Å². The molecule has 0 amide bonds. The molecular weight excluding hydrogens is 345 g/mol. The van der Waals surface area contributed by atoms with Gasteiger partial charge in [-0.05, 0) is 36.7 Å². The first-order valence-electron chi connectivity index (χ1n) is 8.00. The van der Waals surface area contributed by atoms with Crippen molar-refractivity contribution in [3.8, 4) is 5.75 Å². The van der Waals surface area contributed by atoms with Gasteiger partial charge in [-0.3, -0.25) is 4.90 Å². The molecule has 3 nitrogen and oxygen atoms in total. The molecule has 0 fully saturated rings. The van der Waals surface area contributed by atoms with Crippen molar-refractivity contribution >= 4 is 24.0 Å². The predicted octanol–water partition coefficient (Wildman–Crippen LogP) is 4.72. The monoisotopic (exact) mass is 369 g/mol. The molecule has 1 N–H and O–H groups in total. The van der Waals surface area contributed by atoms with E-state index in [1.807, 2.05) is 37.3 Å². The van der Waals surface area contributed by atoms with Gasteiger partial charge in [-0.15, -0.1) is 12.4 Å². The topological polar surface area (TPSA) is 32.7 Å². The average Bonchev–Trinajstić information content (AvgIpc) is 2.57. The minimum atomic E-state index is -0.577. The fourth-order valence-electron chi connectivity index (χ4n) is 2.49. The summed E-state index contributed by atoms with van der Waals surface area (Å²) in [6, 6.07) is 15.8. The molecule has 2 aromatic carbocycles. The third kappa shape index (κ3) is 5.99. The number of rotatable bonds is 8. The molecular formula is C19H25Cl2NO2. The van der Waals surface area contributed by atoms with Crippen LogP contribution in [0.1, 0.15) is 31.1 Å². The molecule has 0 saturated carbocycles. The van der Waals surface area contributed by atoms with Crippen molar-refractivity contribution < 1.29 is 9.84 Å². The third-order valence-electron chi connectivity index (χ3n) is 3.77. The van der Waals surface area contributed by atoms with Crippen molar-refractivity contribution in [1.82, 2.24) is 4.90 Å². The molecule has 0 bridgehead atoms. The lowest BCUT2D eigenvalue weighted by Crippen LogP contribution is -2.28. The highest BCUT2D eigenvalue weighted by atomic mass is 35.5. The van der Waals surface area contributed by atoms with Crippen LogP contribution in [0, 0.1) is 0 Å². The number of hydrogen-bond donors (Lipinski definition) is 1. The number of aliphatic hydroxyl groups is 1. The molecule has 0 heterocycles. The largest absolute Gasteiger partial charge is 0.492 e. The second kappa shape index (κ2) is 10.6. The smallest absolute Gasteiger partial charge is 0.137 e. The summed E-state index contributed by atoms with van der Waals surface area (Å²) in [6.45, 7) is 6.84. The molecule has 0 aliphatic carbocycles. The minimum Gasteiger partial charge on any atom is -0.492 e. The Morgan fingerprint density at radius 1 is 1.12 bits per heavy atom. The maximum absolute atomic E-state index is 10.5. The molecule has 132 valence electrons. The maximum Gasteiger partial charge on any atom is 0.137 e. The molecule has 24 heavy (non-hydrogen) atoms. The zero-order chi connectivity index (χ0) is 16.7. The van der Waals surface area contributed by atoms with Crippen molar-refractivity contribution in [3.63, 3.8) is 0 Å². The number of aliphatic hydroxyl groups excluding tert-OH is 1. The molecule has 0 aliphatic rings. The van der Waals surface area contributed by atoms with Crippen LogP contribution in [0.5, 0.6) is 5.75 Å². The van der Waals surface area contributed by atoms with Crippen molar-refractivity contribution in [2.45, 2.75) is 26.5 Å². The number of likely N-dealkylation sites (N-methyl/N-ethyl adjacent to an activating group) is 1. The van der Waals surface area contributed by atoms with Crippen LogP contribution in [-0.4, -0.2) is 29.7 Å². The number of hydrogen-bond acceptors (Lipinski definition) is 3. The first kappa shape index (κ1) is 20.8. The zero-order valence-corrected chi connectivity index (χ0v) is 15.7. The second-order valence-corrected chi connectivity index (χ2v) is 5.86. The fraction of sp³-hybridized carbons (Fsp3) is 0.368. The molecule has 0 spiro atoms.